The number of nitrogens with one attached hydrogen (secondary N) is 2. The molecule has 3 N–H and O–H groups in total. The largest absolute Gasteiger partial charge is 0.444 e. The number of piperidine rings is 2. The smallest absolute Gasteiger partial charge is 0.408 e. The molecule has 61 heavy (non-hydrogen) atoms. The van der Waals surface area contributed by atoms with Crippen LogP contribution in [0.2, 0.25) is 0 Å². The molecule has 0 spiro atoms. The lowest BCUT2D eigenvalue weighted by Crippen LogP contribution is -2.56. The molecule has 1 saturated carbocycles. The van der Waals surface area contributed by atoms with Crippen LogP contribution in [0.15, 0.2) is 47.3 Å². The number of carbonyl (C=O) groups is 3. The predicted octanol–water partition coefficient (Wildman–Crippen LogP) is 5.06. The van der Waals surface area contributed by atoms with Crippen LogP contribution in [0.4, 0.5) is 9.18 Å². The number of H-pyrrole nitrogens is 1. The normalized spacial score (nSPS) is 21.0. The predicted molar refractivity (Wildman–Crippen MR) is 230 cm³/mol. The first-order valence-corrected chi connectivity index (χ1v) is 22.3. The molecule has 2 aromatic carbocycles. The highest BCUT2D eigenvalue weighted by Gasteiger charge is 2.39. The summed E-state index contributed by atoms with van der Waals surface area (Å²) in [4.78, 5) is 60.2. The quantitative estimate of drug-likeness (QED) is 0.238. The Morgan fingerprint density at radius 1 is 0.918 bits per heavy atom. The van der Waals surface area contributed by atoms with Crippen LogP contribution in [0.25, 0.3) is 10.8 Å². The molecule has 15 heteroatoms. The van der Waals surface area contributed by atoms with Gasteiger partial charge in [-0.2, -0.15) is 5.10 Å². The van der Waals surface area contributed by atoms with Crippen LogP contribution in [0.5, 0.6) is 0 Å². The molecule has 3 aliphatic heterocycles. The second-order valence-electron chi connectivity index (χ2n) is 18.8. The number of hydrogen-bond donors (Lipinski definition) is 3. The maximum absolute atomic E-state index is 15.1. The Hall–Kier alpha value is -4.44. The number of rotatable bonds is 11. The van der Waals surface area contributed by atoms with Crippen molar-refractivity contribution in [1.29, 1.82) is 0 Å². The number of nitrogens with zero attached hydrogens (tertiary/aromatic N) is 5. The van der Waals surface area contributed by atoms with Gasteiger partial charge in [0.1, 0.15) is 23.7 Å². The van der Waals surface area contributed by atoms with E-state index in [-0.39, 0.29) is 40.6 Å². The number of piperazine rings is 1. The van der Waals surface area contributed by atoms with Crippen LogP contribution >= 0.6 is 0 Å². The summed E-state index contributed by atoms with van der Waals surface area (Å²) >= 11 is 0. The first-order valence-electron chi connectivity index (χ1n) is 22.3. The third kappa shape index (κ3) is 11.3. The summed E-state index contributed by atoms with van der Waals surface area (Å²) in [6, 6.07) is 11.1. The zero-order valence-corrected chi connectivity index (χ0v) is 36.3. The zero-order valence-electron chi connectivity index (χ0n) is 36.3. The maximum Gasteiger partial charge on any atom is 0.408 e. The number of carbonyl (C=O) groups excluding carboxylic acids is 3. The van der Waals surface area contributed by atoms with Crippen LogP contribution in [-0.2, 0) is 20.7 Å². The molecule has 7 rings (SSSR count). The van der Waals surface area contributed by atoms with Crippen molar-refractivity contribution in [2.24, 2.45) is 5.92 Å². The standard InChI is InChI=1S/C46H64FN7O7/c1-45(2,3)61-44(59)48-40(32-10-6-5-7-11-32)43(58)53-20-16-33(17-21-53)60-46(4)18-22-51(23-19-46)30-39(55)52-24-26-54(27-25-52)42(57)36-28-31(14-15-37(36)47)29-38-34-12-8-9-13-35(34)41(56)50-49-38/h8-9,12-15,28,32-33,39-40,55H,5-7,10-11,16-27,29-30H2,1-4H3,(H,48,59)(H,50,56)/t39?,40-/m1/s1. The fourth-order valence-electron chi connectivity index (χ4n) is 9.49. The summed E-state index contributed by atoms with van der Waals surface area (Å²) in [6.07, 6.45) is 7.39. The van der Waals surface area contributed by atoms with Crippen molar-refractivity contribution in [3.8, 4) is 0 Å². The van der Waals surface area contributed by atoms with Crippen molar-refractivity contribution in [3.05, 3.63) is 75.5 Å². The van der Waals surface area contributed by atoms with Gasteiger partial charge in [0.25, 0.3) is 11.5 Å². The van der Waals surface area contributed by atoms with Crippen LogP contribution in [0.1, 0.15) is 107 Å². The van der Waals surface area contributed by atoms with E-state index in [0.29, 0.717) is 74.3 Å². The second-order valence-corrected chi connectivity index (χ2v) is 18.8. The number of aromatic nitrogens is 2. The molecular formula is C46H64FN7O7. The third-order valence-corrected chi connectivity index (χ3v) is 13.0. The van der Waals surface area contributed by atoms with E-state index in [0.717, 1.165) is 70.9 Å². The molecule has 0 radical (unpaired) electrons. The Morgan fingerprint density at radius 3 is 2.26 bits per heavy atom. The monoisotopic (exact) mass is 845 g/mol. The topological polar surface area (TPSA) is 161 Å². The number of aliphatic hydroxyl groups excluding tert-OH is 1. The number of ether oxygens (including phenoxy) is 2. The highest BCUT2D eigenvalue weighted by Crippen LogP contribution is 2.32. The van der Waals surface area contributed by atoms with E-state index in [1.807, 2.05) is 42.7 Å². The minimum Gasteiger partial charge on any atom is -0.444 e. The van der Waals surface area contributed by atoms with Gasteiger partial charge in [0.05, 0.1) is 28.3 Å². The van der Waals surface area contributed by atoms with Gasteiger partial charge in [0, 0.05) is 70.7 Å². The van der Waals surface area contributed by atoms with Gasteiger partial charge in [0.15, 0.2) is 0 Å². The number of β-amino-alcohol motifs (C(OH)–C–C–N with tert-alkyl or cyclic N) is 1. The lowest BCUT2D eigenvalue weighted by molar-refractivity contribution is -0.147. The van der Waals surface area contributed by atoms with Gasteiger partial charge in [-0.15, -0.1) is 0 Å². The van der Waals surface area contributed by atoms with E-state index in [1.165, 1.54) is 6.07 Å². The Balaban J connectivity index is 0.842. The molecule has 4 heterocycles. The van der Waals surface area contributed by atoms with Gasteiger partial charge in [-0.25, -0.2) is 14.3 Å². The summed E-state index contributed by atoms with van der Waals surface area (Å²) < 4.78 is 27.3. The van der Waals surface area contributed by atoms with Gasteiger partial charge < -0.3 is 29.7 Å². The molecule has 3 aromatic rings. The van der Waals surface area contributed by atoms with Crippen molar-refractivity contribution in [3.63, 3.8) is 0 Å². The second kappa shape index (κ2) is 19.3. The number of hydrogen-bond acceptors (Lipinski definition) is 10. The number of benzene rings is 2. The van der Waals surface area contributed by atoms with E-state index in [2.05, 4.69) is 27.3 Å². The molecule has 1 aromatic heterocycles. The van der Waals surface area contributed by atoms with Gasteiger partial charge in [0.2, 0.25) is 5.91 Å². The summed E-state index contributed by atoms with van der Waals surface area (Å²) in [6.45, 7) is 12.5. The van der Waals surface area contributed by atoms with Gasteiger partial charge in [-0.3, -0.25) is 24.2 Å². The van der Waals surface area contributed by atoms with Crippen LogP contribution in [0.3, 0.4) is 0 Å². The number of amides is 3. The molecular weight excluding hydrogens is 782 g/mol. The molecule has 332 valence electrons. The summed E-state index contributed by atoms with van der Waals surface area (Å²) in [5, 5.41) is 22.2. The molecule has 2 atom stereocenters. The van der Waals surface area contributed by atoms with Crippen LogP contribution in [-0.4, -0.2) is 141 Å². The van der Waals surface area contributed by atoms with Crippen LogP contribution in [0, 0.1) is 11.7 Å². The summed E-state index contributed by atoms with van der Waals surface area (Å²) in [5.41, 5.74) is 0.111. The molecule has 1 aliphatic carbocycles. The average molecular weight is 846 g/mol. The van der Waals surface area contributed by atoms with Gasteiger partial charge in [-0.05, 0) is 95.9 Å². The molecule has 3 amide bonds. The van der Waals surface area contributed by atoms with Crippen molar-refractivity contribution >= 4 is 28.7 Å². The highest BCUT2D eigenvalue weighted by molar-refractivity contribution is 5.95. The number of aromatic amines is 1. The summed E-state index contributed by atoms with van der Waals surface area (Å²) in [5.74, 6) is -0.890. The van der Waals surface area contributed by atoms with Crippen molar-refractivity contribution in [2.75, 3.05) is 58.9 Å². The molecule has 4 aliphatic rings. The molecule has 4 fully saturated rings. The third-order valence-electron chi connectivity index (χ3n) is 13.0. The number of alkyl carbamates (subject to hydrolysis) is 1. The number of fused-ring (bicyclic) bond motifs is 1. The number of likely N-dealkylation sites (tertiary alicyclic amines) is 2. The first-order chi connectivity index (χ1) is 29.1. The fourth-order valence-corrected chi connectivity index (χ4v) is 9.49. The number of aliphatic hydroxyl groups is 1. The SMILES string of the molecule is CC(C)(C)OC(=O)N[C@@H](C(=O)N1CCC(OC2(C)CCN(CC(O)N3CCN(C(=O)c4cc(Cc5n[nH]c(=O)c6ccccc56)ccc4F)CC3)CC2)CC1)C1CCCCC1. The van der Waals surface area contributed by atoms with Crippen molar-refractivity contribution in [2.45, 2.75) is 121 Å². The maximum atomic E-state index is 15.1. The number of halogens is 1. The van der Waals surface area contributed by atoms with Gasteiger partial charge >= 0.3 is 6.09 Å². The lowest BCUT2D eigenvalue weighted by Gasteiger charge is -2.45. The molecule has 1 unspecified atom stereocenters. The Bertz CT molecular complexity index is 2060. The Labute approximate surface area is 358 Å². The lowest BCUT2D eigenvalue weighted by atomic mass is 9.83. The Kier molecular flexibility index (Phi) is 14.1. The molecule has 3 saturated heterocycles. The Morgan fingerprint density at radius 2 is 1.59 bits per heavy atom. The van der Waals surface area contributed by atoms with E-state index in [9.17, 15) is 24.3 Å². The minimum atomic E-state index is -0.702. The zero-order chi connectivity index (χ0) is 43.3. The van der Waals surface area contributed by atoms with Crippen molar-refractivity contribution in [1.82, 2.24) is 35.1 Å². The summed E-state index contributed by atoms with van der Waals surface area (Å²) in [7, 11) is 0. The van der Waals surface area contributed by atoms with Crippen molar-refractivity contribution < 1.29 is 33.4 Å². The first kappa shape index (κ1) is 44.6. The molecule has 0 bridgehead atoms. The highest BCUT2D eigenvalue weighted by atomic mass is 19.1. The van der Waals surface area contributed by atoms with Crippen LogP contribution < -0.4 is 10.9 Å². The van der Waals surface area contributed by atoms with E-state index in [4.69, 9.17) is 9.47 Å². The van der Waals surface area contributed by atoms with E-state index in [1.54, 1.807) is 29.2 Å². The average Bonchev–Trinajstić information content (AvgIpc) is 3.25. The van der Waals surface area contributed by atoms with Gasteiger partial charge in [-0.1, -0.05) is 43.5 Å². The van der Waals surface area contributed by atoms with E-state index >= 15 is 4.39 Å². The van der Waals surface area contributed by atoms with E-state index < -0.39 is 29.8 Å². The fraction of sp³-hybridized carbons (Fsp3) is 0.630. The minimum absolute atomic E-state index is 0.00579. The molecule has 14 nitrogen and oxygen atoms in total.